The van der Waals surface area contributed by atoms with Crippen LogP contribution in [0.1, 0.15) is 45.6 Å². The topological polar surface area (TPSA) is 34.0 Å². The molecule has 17 heavy (non-hydrogen) atoms. The van der Waals surface area contributed by atoms with Crippen molar-refractivity contribution in [3.63, 3.8) is 0 Å². The van der Waals surface area contributed by atoms with Gasteiger partial charge in [-0.05, 0) is 25.8 Å². The maximum atomic E-state index is 12.1. The maximum Gasteiger partial charge on any atom is 0.255 e. The molecule has 1 N–H and O–H groups in total. The van der Waals surface area contributed by atoms with Crippen LogP contribution in [0.3, 0.4) is 0 Å². The zero-order valence-corrected chi connectivity index (χ0v) is 11.2. The predicted octanol–water partition coefficient (Wildman–Crippen LogP) is 2.54. The van der Waals surface area contributed by atoms with E-state index in [0.29, 0.717) is 12.6 Å². The van der Waals surface area contributed by atoms with E-state index in [2.05, 4.69) is 26.1 Å². The number of aromatic nitrogens is 1. The molecule has 3 heteroatoms. The number of unbranched alkanes of at least 4 members (excludes halogenated alkanes) is 1. The number of rotatable bonds is 7. The fourth-order valence-electron chi connectivity index (χ4n) is 1.65. The van der Waals surface area contributed by atoms with E-state index < -0.39 is 0 Å². The first-order valence-electron chi connectivity index (χ1n) is 6.60. The van der Waals surface area contributed by atoms with Crippen LogP contribution in [0, 0.1) is 0 Å². The third kappa shape index (κ3) is 4.35. The largest absolute Gasteiger partial charge is 0.315 e. The Bertz CT molecular complexity index is 384. The molecule has 0 fully saturated rings. The van der Waals surface area contributed by atoms with Crippen LogP contribution in [0.2, 0.25) is 0 Å². The average Bonchev–Trinajstić information content (AvgIpc) is 2.35. The first-order chi connectivity index (χ1) is 8.19. The van der Waals surface area contributed by atoms with E-state index in [1.807, 2.05) is 22.9 Å². The lowest BCUT2D eigenvalue weighted by Crippen LogP contribution is -2.30. The van der Waals surface area contributed by atoms with Crippen molar-refractivity contribution in [2.45, 2.75) is 59.2 Å². The van der Waals surface area contributed by atoms with E-state index in [-0.39, 0.29) is 5.56 Å². The highest BCUT2D eigenvalue weighted by atomic mass is 16.1. The van der Waals surface area contributed by atoms with Gasteiger partial charge in [0.05, 0.1) is 0 Å². The first kappa shape index (κ1) is 14.0. The monoisotopic (exact) mass is 236 g/mol. The Morgan fingerprint density at radius 1 is 1.41 bits per heavy atom. The third-order valence-corrected chi connectivity index (χ3v) is 3.10. The molecular weight excluding hydrogens is 212 g/mol. The maximum absolute atomic E-state index is 12.1. The molecule has 1 atom stereocenters. The molecule has 1 rings (SSSR count). The van der Waals surface area contributed by atoms with Gasteiger partial charge in [0.15, 0.2) is 0 Å². The van der Waals surface area contributed by atoms with Gasteiger partial charge < -0.3 is 9.88 Å². The van der Waals surface area contributed by atoms with Gasteiger partial charge >= 0.3 is 0 Å². The highest BCUT2D eigenvalue weighted by Crippen LogP contribution is 1.97. The summed E-state index contributed by atoms with van der Waals surface area (Å²) in [6, 6.07) is 4.34. The van der Waals surface area contributed by atoms with Crippen LogP contribution < -0.4 is 10.9 Å². The van der Waals surface area contributed by atoms with Crippen molar-refractivity contribution < 1.29 is 0 Å². The zero-order valence-electron chi connectivity index (χ0n) is 11.2. The SMILES string of the molecule is CCCCn1cccc(CNC(C)CC)c1=O. The van der Waals surface area contributed by atoms with Crippen molar-refractivity contribution in [1.82, 2.24) is 9.88 Å². The molecule has 1 unspecified atom stereocenters. The van der Waals surface area contributed by atoms with Gasteiger partial charge in [-0.1, -0.05) is 26.3 Å². The molecule has 0 aliphatic heterocycles. The summed E-state index contributed by atoms with van der Waals surface area (Å²) < 4.78 is 1.82. The van der Waals surface area contributed by atoms with E-state index in [9.17, 15) is 4.79 Å². The summed E-state index contributed by atoms with van der Waals surface area (Å²) in [6.45, 7) is 7.91. The molecule has 0 radical (unpaired) electrons. The Hall–Kier alpha value is -1.09. The molecular formula is C14H24N2O. The molecule has 0 bridgehead atoms. The van der Waals surface area contributed by atoms with Gasteiger partial charge in [-0.3, -0.25) is 4.79 Å². The lowest BCUT2D eigenvalue weighted by molar-refractivity contribution is 0.526. The van der Waals surface area contributed by atoms with Gasteiger partial charge in [0.2, 0.25) is 0 Å². The van der Waals surface area contributed by atoms with Crippen LogP contribution in [-0.2, 0) is 13.1 Å². The van der Waals surface area contributed by atoms with Gasteiger partial charge in [-0.15, -0.1) is 0 Å². The van der Waals surface area contributed by atoms with E-state index in [1.165, 1.54) is 0 Å². The van der Waals surface area contributed by atoms with Gasteiger partial charge in [0.25, 0.3) is 5.56 Å². The van der Waals surface area contributed by atoms with Crippen molar-refractivity contribution in [3.8, 4) is 0 Å². The van der Waals surface area contributed by atoms with Crippen LogP contribution in [0.15, 0.2) is 23.1 Å². The second-order valence-electron chi connectivity index (χ2n) is 4.58. The number of hydrogen-bond donors (Lipinski definition) is 1. The Morgan fingerprint density at radius 2 is 2.18 bits per heavy atom. The van der Waals surface area contributed by atoms with Crippen molar-refractivity contribution in [1.29, 1.82) is 0 Å². The normalized spacial score (nSPS) is 12.6. The second-order valence-corrected chi connectivity index (χ2v) is 4.58. The molecule has 96 valence electrons. The lowest BCUT2D eigenvalue weighted by atomic mass is 10.2. The molecule has 1 aromatic rings. The minimum atomic E-state index is 0.150. The number of nitrogens with zero attached hydrogens (tertiary/aromatic N) is 1. The summed E-state index contributed by atoms with van der Waals surface area (Å²) in [5.74, 6) is 0. The van der Waals surface area contributed by atoms with E-state index in [4.69, 9.17) is 0 Å². The van der Waals surface area contributed by atoms with Gasteiger partial charge in [-0.25, -0.2) is 0 Å². The molecule has 0 aromatic carbocycles. The lowest BCUT2D eigenvalue weighted by Gasteiger charge is -2.12. The molecule has 1 aromatic heterocycles. The Balaban J connectivity index is 2.69. The number of aryl methyl sites for hydroxylation is 1. The van der Waals surface area contributed by atoms with Crippen LogP contribution in [0.4, 0.5) is 0 Å². The number of pyridine rings is 1. The van der Waals surface area contributed by atoms with Crippen LogP contribution in [0.5, 0.6) is 0 Å². The summed E-state index contributed by atoms with van der Waals surface area (Å²) in [5.41, 5.74) is 1.01. The summed E-state index contributed by atoms with van der Waals surface area (Å²) in [7, 11) is 0. The van der Waals surface area contributed by atoms with E-state index >= 15 is 0 Å². The molecule has 0 amide bonds. The van der Waals surface area contributed by atoms with Crippen molar-refractivity contribution >= 4 is 0 Å². The summed E-state index contributed by atoms with van der Waals surface area (Å²) in [5, 5.41) is 3.36. The highest BCUT2D eigenvalue weighted by molar-refractivity contribution is 5.10. The quantitative estimate of drug-likeness (QED) is 0.789. The van der Waals surface area contributed by atoms with Crippen LogP contribution in [0.25, 0.3) is 0 Å². The molecule has 0 saturated heterocycles. The smallest absolute Gasteiger partial charge is 0.255 e. The molecule has 0 saturated carbocycles. The Labute approximate surface area is 104 Å². The summed E-state index contributed by atoms with van der Waals surface area (Å²) >= 11 is 0. The zero-order chi connectivity index (χ0) is 12.7. The van der Waals surface area contributed by atoms with E-state index in [1.54, 1.807) is 0 Å². The Morgan fingerprint density at radius 3 is 2.82 bits per heavy atom. The Kier molecular flexibility index (Phi) is 5.98. The molecule has 3 nitrogen and oxygen atoms in total. The van der Waals surface area contributed by atoms with Gasteiger partial charge in [0.1, 0.15) is 0 Å². The fourth-order valence-corrected chi connectivity index (χ4v) is 1.65. The fraction of sp³-hybridized carbons (Fsp3) is 0.643. The van der Waals surface area contributed by atoms with Gasteiger partial charge in [-0.2, -0.15) is 0 Å². The second kappa shape index (κ2) is 7.28. The first-order valence-corrected chi connectivity index (χ1v) is 6.60. The van der Waals surface area contributed by atoms with Crippen molar-refractivity contribution in [2.75, 3.05) is 0 Å². The van der Waals surface area contributed by atoms with Crippen molar-refractivity contribution in [3.05, 3.63) is 34.2 Å². The summed E-state index contributed by atoms with van der Waals surface area (Å²) in [4.78, 5) is 12.1. The van der Waals surface area contributed by atoms with Gasteiger partial charge in [0, 0.05) is 30.9 Å². The molecule has 0 aliphatic carbocycles. The average molecular weight is 236 g/mol. The standard InChI is InChI=1S/C14H24N2O/c1-4-6-9-16-10-7-8-13(14(16)17)11-15-12(3)5-2/h7-8,10,12,15H,4-6,9,11H2,1-3H3. The molecule has 0 aliphatic rings. The minimum Gasteiger partial charge on any atom is -0.315 e. The third-order valence-electron chi connectivity index (χ3n) is 3.10. The predicted molar refractivity (Wildman–Crippen MR) is 72.2 cm³/mol. The molecule has 1 heterocycles. The van der Waals surface area contributed by atoms with Crippen LogP contribution >= 0.6 is 0 Å². The highest BCUT2D eigenvalue weighted by Gasteiger charge is 2.04. The number of nitrogens with one attached hydrogen (secondary N) is 1. The van der Waals surface area contributed by atoms with Crippen molar-refractivity contribution in [2.24, 2.45) is 0 Å². The summed E-state index contributed by atoms with van der Waals surface area (Å²) in [6.07, 6.45) is 5.13. The number of hydrogen-bond acceptors (Lipinski definition) is 2. The minimum absolute atomic E-state index is 0.150. The van der Waals surface area contributed by atoms with Crippen LogP contribution in [-0.4, -0.2) is 10.6 Å². The van der Waals surface area contributed by atoms with E-state index in [0.717, 1.165) is 31.4 Å². The molecule has 0 spiro atoms.